The van der Waals surface area contributed by atoms with Crippen LogP contribution in [0.5, 0.6) is 11.5 Å². The van der Waals surface area contributed by atoms with Gasteiger partial charge < -0.3 is 14.8 Å². The van der Waals surface area contributed by atoms with Crippen molar-refractivity contribution < 1.29 is 19.1 Å². The molecule has 3 rings (SSSR count). The second kappa shape index (κ2) is 9.89. The Morgan fingerprint density at radius 1 is 1.03 bits per heavy atom. The molecule has 0 bridgehead atoms. The lowest BCUT2D eigenvalue weighted by Gasteiger charge is -2.09. The molecule has 0 spiro atoms. The summed E-state index contributed by atoms with van der Waals surface area (Å²) in [7, 11) is 3.04. The van der Waals surface area contributed by atoms with Crippen molar-refractivity contribution in [2.24, 2.45) is 0 Å². The van der Waals surface area contributed by atoms with E-state index in [4.69, 9.17) is 9.47 Å². The lowest BCUT2D eigenvalue weighted by atomic mass is 10.1. The molecule has 0 unspecified atom stereocenters. The molecule has 2 aromatic carbocycles. The van der Waals surface area contributed by atoms with Crippen LogP contribution in [0.3, 0.4) is 0 Å². The van der Waals surface area contributed by atoms with E-state index in [0.717, 1.165) is 5.56 Å². The summed E-state index contributed by atoms with van der Waals surface area (Å²) >= 11 is 1.27. The van der Waals surface area contributed by atoms with Gasteiger partial charge >= 0.3 is 0 Å². The first kappa shape index (κ1) is 21.3. The van der Waals surface area contributed by atoms with Crippen LogP contribution in [0.1, 0.15) is 27.2 Å². The molecule has 3 aromatic rings. The summed E-state index contributed by atoms with van der Waals surface area (Å²) in [6, 6.07) is 12.9. The minimum atomic E-state index is -0.319. The van der Waals surface area contributed by atoms with Crippen molar-refractivity contribution >= 4 is 28.3 Å². The van der Waals surface area contributed by atoms with Gasteiger partial charge in [-0.3, -0.25) is 14.9 Å². The van der Waals surface area contributed by atoms with Crippen LogP contribution in [0.2, 0.25) is 0 Å². The Labute approximate surface area is 179 Å². The van der Waals surface area contributed by atoms with Gasteiger partial charge in [-0.2, -0.15) is 0 Å². The average Bonchev–Trinajstić information content (AvgIpc) is 3.19. The van der Waals surface area contributed by atoms with Crippen molar-refractivity contribution in [2.75, 3.05) is 19.5 Å². The molecule has 0 aliphatic heterocycles. The highest BCUT2D eigenvalue weighted by Gasteiger charge is 2.14. The molecule has 156 valence electrons. The summed E-state index contributed by atoms with van der Waals surface area (Å²) < 4.78 is 10.4. The maximum Gasteiger partial charge on any atom is 0.257 e. The Morgan fingerprint density at radius 2 is 1.77 bits per heavy atom. The van der Waals surface area contributed by atoms with E-state index in [-0.39, 0.29) is 18.2 Å². The van der Waals surface area contributed by atoms with Gasteiger partial charge in [0, 0.05) is 17.5 Å². The van der Waals surface area contributed by atoms with Crippen LogP contribution in [-0.2, 0) is 17.8 Å². The quantitative estimate of drug-likeness (QED) is 0.576. The fourth-order valence-electron chi connectivity index (χ4n) is 2.73. The minimum absolute atomic E-state index is 0.126. The summed E-state index contributed by atoms with van der Waals surface area (Å²) in [6.07, 6.45) is 0.147. The first-order valence-electron chi connectivity index (χ1n) is 9.28. The first-order valence-corrected chi connectivity index (χ1v) is 10.2. The Balaban J connectivity index is 1.54. The number of anilines is 1. The number of hydrogen-bond donors (Lipinski definition) is 2. The molecule has 0 aliphatic rings. The van der Waals surface area contributed by atoms with Crippen LogP contribution in [0, 0.1) is 6.92 Å². The third-order valence-electron chi connectivity index (χ3n) is 4.37. The van der Waals surface area contributed by atoms with Crippen LogP contribution in [0.25, 0.3) is 0 Å². The third-order valence-corrected chi connectivity index (χ3v) is 5.18. The van der Waals surface area contributed by atoms with E-state index in [1.165, 1.54) is 31.1 Å². The van der Waals surface area contributed by atoms with Crippen LogP contribution in [-0.4, -0.2) is 31.0 Å². The molecule has 8 heteroatoms. The lowest BCUT2D eigenvalue weighted by Crippen LogP contribution is -2.24. The molecule has 2 N–H and O–H groups in total. The fourth-order valence-corrected chi connectivity index (χ4v) is 3.43. The standard InChI is InChI=1S/C22H23N3O4S/c1-14-4-6-15(7-5-14)12-23-20(26)11-17-13-30-22(24-17)25-21(27)16-8-9-18(28-2)19(10-16)29-3/h4-10,13H,11-12H2,1-3H3,(H,23,26)(H,24,25,27). The van der Waals surface area contributed by atoms with Gasteiger partial charge in [0.05, 0.1) is 26.3 Å². The van der Waals surface area contributed by atoms with Crippen molar-refractivity contribution in [3.05, 3.63) is 70.2 Å². The number of hydrogen-bond acceptors (Lipinski definition) is 6. The highest BCUT2D eigenvalue weighted by molar-refractivity contribution is 7.14. The molecule has 0 saturated carbocycles. The number of methoxy groups -OCH3 is 2. The van der Waals surface area contributed by atoms with E-state index in [0.29, 0.717) is 34.4 Å². The molecule has 1 aromatic heterocycles. The second-order valence-electron chi connectivity index (χ2n) is 6.61. The second-order valence-corrected chi connectivity index (χ2v) is 7.47. The van der Waals surface area contributed by atoms with Crippen molar-refractivity contribution in [1.82, 2.24) is 10.3 Å². The minimum Gasteiger partial charge on any atom is -0.493 e. The fraction of sp³-hybridized carbons (Fsp3) is 0.227. The van der Waals surface area contributed by atoms with Crippen LogP contribution in [0.15, 0.2) is 47.8 Å². The number of nitrogens with one attached hydrogen (secondary N) is 2. The van der Waals surface area contributed by atoms with Gasteiger partial charge in [-0.25, -0.2) is 4.98 Å². The monoisotopic (exact) mass is 425 g/mol. The van der Waals surface area contributed by atoms with E-state index >= 15 is 0 Å². The van der Waals surface area contributed by atoms with Crippen molar-refractivity contribution in [3.63, 3.8) is 0 Å². The zero-order valence-corrected chi connectivity index (χ0v) is 17.8. The average molecular weight is 426 g/mol. The van der Waals surface area contributed by atoms with Gasteiger partial charge in [0.2, 0.25) is 5.91 Å². The maximum atomic E-state index is 12.5. The lowest BCUT2D eigenvalue weighted by molar-refractivity contribution is -0.120. The molecule has 1 heterocycles. The largest absolute Gasteiger partial charge is 0.493 e. The van der Waals surface area contributed by atoms with Crippen LogP contribution in [0.4, 0.5) is 5.13 Å². The Morgan fingerprint density at radius 3 is 2.47 bits per heavy atom. The summed E-state index contributed by atoms with van der Waals surface area (Å²) in [5.74, 6) is 0.566. The number of thiazole rings is 1. The zero-order valence-electron chi connectivity index (χ0n) is 17.0. The number of aromatic nitrogens is 1. The summed E-state index contributed by atoms with van der Waals surface area (Å²) in [4.78, 5) is 29.0. The van der Waals surface area contributed by atoms with E-state index in [2.05, 4.69) is 15.6 Å². The van der Waals surface area contributed by atoms with Gasteiger partial charge in [0.15, 0.2) is 16.6 Å². The van der Waals surface area contributed by atoms with E-state index < -0.39 is 0 Å². The SMILES string of the molecule is COc1ccc(C(=O)Nc2nc(CC(=O)NCc3ccc(C)cc3)cs2)cc1OC. The van der Waals surface area contributed by atoms with Crippen molar-refractivity contribution in [3.8, 4) is 11.5 Å². The molecule has 0 radical (unpaired) electrons. The summed E-state index contributed by atoms with van der Waals surface area (Å²) in [5, 5.41) is 7.81. The van der Waals surface area contributed by atoms with Gasteiger partial charge in [0.25, 0.3) is 5.91 Å². The Bertz CT molecular complexity index is 1030. The van der Waals surface area contributed by atoms with Crippen molar-refractivity contribution in [2.45, 2.75) is 19.9 Å². The number of carbonyl (C=O) groups is 2. The number of carbonyl (C=O) groups excluding carboxylic acids is 2. The highest BCUT2D eigenvalue weighted by Crippen LogP contribution is 2.28. The molecule has 0 fully saturated rings. The molecule has 0 aliphatic carbocycles. The summed E-state index contributed by atoms with van der Waals surface area (Å²) in [6.45, 7) is 2.48. The van der Waals surface area contributed by atoms with E-state index in [1.807, 2.05) is 31.2 Å². The molecular weight excluding hydrogens is 402 g/mol. The van der Waals surface area contributed by atoms with Crippen molar-refractivity contribution in [1.29, 1.82) is 0 Å². The normalized spacial score (nSPS) is 10.4. The third kappa shape index (κ3) is 5.57. The van der Waals surface area contributed by atoms with Crippen LogP contribution < -0.4 is 20.1 Å². The van der Waals surface area contributed by atoms with E-state index in [1.54, 1.807) is 23.6 Å². The Hall–Kier alpha value is -3.39. The van der Waals surface area contributed by atoms with Gasteiger partial charge in [-0.15, -0.1) is 11.3 Å². The van der Waals surface area contributed by atoms with Gasteiger partial charge in [-0.05, 0) is 30.7 Å². The zero-order chi connectivity index (χ0) is 21.5. The molecular formula is C22H23N3O4S. The smallest absolute Gasteiger partial charge is 0.257 e. The topological polar surface area (TPSA) is 89.5 Å². The number of aryl methyl sites for hydroxylation is 1. The Kier molecular flexibility index (Phi) is 7.03. The van der Waals surface area contributed by atoms with E-state index in [9.17, 15) is 9.59 Å². The van der Waals surface area contributed by atoms with Gasteiger partial charge in [0.1, 0.15) is 0 Å². The predicted octanol–water partition coefficient (Wildman–Crippen LogP) is 3.58. The highest BCUT2D eigenvalue weighted by atomic mass is 32.1. The molecule has 0 saturated heterocycles. The predicted molar refractivity (Wildman–Crippen MR) is 116 cm³/mol. The van der Waals surface area contributed by atoms with Crippen LogP contribution >= 0.6 is 11.3 Å². The number of ether oxygens (including phenoxy) is 2. The number of nitrogens with zero attached hydrogens (tertiary/aromatic N) is 1. The number of rotatable bonds is 8. The van der Waals surface area contributed by atoms with Gasteiger partial charge in [-0.1, -0.05) is 29.8 Å². The number of benzene rings is 2. The molecule has 30 heavy (non-hydrogen) atoms. The molecule has 2 amide bonds. The molecule has 7 nitrogen and oxygen atoms in total. The molecule has 0 atom stereocenters. The first-order chi connectivity index (χ1) is 14.5. The summed E-state index contributed by atoms with van der Waals surface area (Å²) in [5.41, 5.74) is 3.23. The number of amides is 2. The maximum absolute atomic E-state index is 12.5.